The van der Waals surface area contributed by atoms with Crippen LogP contribution in [0, 0.1) is 0 Å². The van der Waals surface area contributed by atoms with E-state index >= 15 is 0 Å². The van der Waals surface area contributed by atoms with Crippen LogP contribution in [0.1, 0.15) is 30.5 Å². The van der Waals surface area contributed by atoms with Gasteiger partial charge in [0.1, 0.15) is 5.82 Å². The monoisotopic (exact) mass is 366 g/mol. The maximum atomic E-state index is 4.61. The molecule has 3 aromatic heterocycles. The lowest BCUT2D eigenvalue weighted by Crippen LogP contribution is -2.30. The molecule has 1 fully saturated rings. The minimum Gasteiger partial charge on any atom is -0.357 e. The highest BCUT2D eigenvalue weighted by molar-refractivity contribution is 7.13. The van der Waals surface area contributed by atoms with Crippen molar-refractivity contribution in [1.82, 2.24) is 25.3 Å². The van der Waals surface area contributed by atoms with Crippen LogP contribution in [0.2, 0.25) is 0 Å². The molecule has 1 N–H and O–H groups in total. The lowest BCUT2D eigenvalue weighted by Gasteiger charge is -2.27. The van der Waals surface area contributed by atoms with Crippen molar-refractivity contribution in [2.45, 2.75) is 32.4 Å². The number of pyridine rings is 1. The Kier molecular flexibility index (Phi) is 5.47. The van der Waals surface area contributed by atoms with Gasteiger partial charge in [-0.05, 0) is 43.0 Å². The Morgan fingerprint density at radius 1 is 1.00 bits per heavy atom. The van der Waals surface area contributed by atoms with Crippen molar-refractivity contribution in [3.8, 4) is 10.8 Å². The summed E-state index contributed by atoms with van der Waals surface area (Å²) in [5.41, 5.74) is 2.27. The van der Waals surface area contributed by atoms with Gasteiger partial charge in [0.05, 0.1) is 5.69 Å². The van der Waals surface area contributed by atoms with Gasteiger partial charge in [-0.1, -0.05) is 0 Å². The van der Waals surface area contributed by atoms with Crippen LogP contribution in [-0.2, 0) is 13.1 Å². The molecule has 134 valence electrons. The highest BCUT2D eigenvalue weighted by atomic mass is 32.1. The first-order chi connectivity index (χ1) is 12.9. The second-order valence-corrected chi connectivity index (χ2v) is 7.25. The van der Waals surface area contributed by atoms with Gasteiger partial charge in [-0.15, -0.1) is 11.3 Å². The summed E-state index contributed by atoms with van der Waals surface area (Å²) in [5.74, 6) is 1.78. The zero-order chi connectivity index (χ0) is 17.6. The van der Waals surface area contributed by atoms with Crippen molar-refractivity contribution >= 4 is 17.2 Å². The zero-order valence-electron chi connectivity index (χ0n) is 14.6. The summed E-state index contributed by atoms with van der Waals surface area (Å²) in [5, 5.41) is 6.39. The molecule has 0 aliphatic carbocycles. The van der Waals surface area contributed by atoms with E-state index in [2.05, 4.69) is 47.7 Å². The van der Waals surface area contributed by atoms with E-state index in [4.69, 9.17) is 0 Å². The summed E-state index contributed by atoms with van der Waals surface area (Å²) in [6, 6.07) is 6.08. The normalized spacial score (nSPS) is 14.5. The summed E-state index contributed by atoms with van der Waals surface area (Å²) in [4.78, 5) is 20.0. The van der Waals surface area contributed by atoms with Crippen molar-refractivity contribution in [1.29, 1.82) is 0 Å². The molecule has 6 nitrogen and oxygen atoms in total. The number of rotatable bonds is 6. The van der Waals surface area contributed by atoms with Crippen molar-refractivity contribution in [2.75, 3.05) is 18.0 Å². The first-order valence-corrected chi connectivity index (χ1v) is 9.89. The molecule has 26 heavy (non-hydrogen) atoms. The molecular weight excluding hydrogens is 344 g/mol. The molecule has 1 aliphatic rings. The van der Waals surface area contributed by atoms with Gasteiger partial charge in [-0.2, -0.15) is 0 Å². The number of anilines is 1. The maximum Gasteiger partial charge on any atom is 0.188 e. The Morgan fingerprint density at radius 2 is 1.85 bits per heavy atom. The van der Waals surface area contributed by atoms with Crippen LogP contribution < -0.4 is 10.2 Å². The molecule has 0 spiro atoms. The fourth-order valence-electron chi connectivity index (χ4n) is 3.10. The molecule has 0 saturated carbocycles. The molecule has 0 amide bonds. The van der Waals surface area contributed by atoms with Crippen LogP contribution in [0.15, 0.2) is 42.2 Å². The van der Waals surface area contributed by atoms with Gasteiger partial charge in [0.15, 0.2) is 10.8 Å². The Labute approximate surface area is 157 Å². The molecular formula is C19H22N6S. The average molecular weight is 366 g/mol. The number of hydrogen-bond acceptors (Lipinski definition) is 7. The Morgan fingerprint density at radius 3 is 2.69 bits per heavy atom. The van der Waals surface area contributed by atoms with Crippen LogP contribution in [0.4, 0.5) is 5.82 Å². The standard InChI is InChI=1S/C19H22N6S/c1-2-9-25(10-3-1)17-11-15(5-8-21-17)12-20-13-16-14-26-19(24-16)18-22-6-4-7-23-18/h4-8,11,14,20H,1-3,9-10,12-13H2. The van der Waals surface area contributed by atoms with Gasteiger partial charge in [0.2, 0.25) is 0 Å². The van der Waals surface area contributed by atoms with E-state index in [9.17, 15) is 0 Å². The quantitative estimate of drug-likeness (QED) is 0.722. The van der Waals surface area contributed by atoms with Crippen LogP contribution in [0.25, 0.3) is 10.8 Å². The molecule has 3 aromatic rings. The van der Waals surface area contributed by atoms with Gasteiger partial charge in [-0.25, -0.2) is 19.9 Å². The molecule has 4 heterocycles. The Hall–Kier alpha value is -2.38. The highest BCUT2D eigenvalue weighted by Gasteiger charge is 2.12. The third kappa shape index (κ3) is 4.23. The summed E-state index contributed by atoms with van der Waals surface area (Å²) >= 11 is 1.58. The average Bonchev–Trinajstić information content (AvgIpc) is 3.19. The summed E-state index contributed by atoms with van der Waals surface area (Å²) in [7, 11) is 0. The van der Waals surface area contributed by atoms with Crippen molar-refractivity contribution < 1.29 is 0 Å². The lowest BCUT2D eigenvalue weighted by molar-refractivity contribution is 0.573. The van der Waals surface area contributed by atoms with Gasteiger partial charge in [-0.3, -0.25) is 0 Å². The molecule has 4 rings (SSSR count). The molecule has 1 saturated heterocycles. The molecule has 0 radical (unpaired) electrons. The number of piperidine rings is 1. The second kappa shape index (κ2) is 8.33. The highest BCUT2D eigenvalue weighted by Crippen LogP contribution is 2.20. The molecule has 0 atom stereocenters. The van der Waals surface area contributed by atoms with Crippen LogP contribution in [0.3, 0.4) is 0 Å². The Bertz CT molecular complexity index is 829. The molecule has 1 aliphatic heterocycles. The summed E-state index contributed by atoms with van der Waals surface area (Å²) in [6.07, 6.45) is 9.26. The largest absolute Gasteiger partial charge is 0.357 e. The van der Waals surface area contributed by atoms with Gasteiger partial charge in [0, 0.05) is 50.1 Å². The number of nitrogens with zero attached hydrogens (tertiary/aromatic N) is 5. The second-order valence-electron chi connectivity index (χ2n) is 6.39. The van der Waals surface area contributed by atoms with E-state index in [0.717, 1.165) is 42.7 Å². The lowest BCUT2D eigenvalue weighted by atomic mass is 10.1. The van der Waals surface area contributed by atoms with Gasteiger partial charge >= 0.3 is 0 Å². The van der Waals surface area contributed by atoms with Crippen LogP contribution in [-0.4, -0.2) is 33.0 Å². The summed E-state index contributed by atoms with van der Waals surface area (Å²) < 4.78 is 0. The van der Waals surface area contributed by atoms with Crippen molar-refractivity contribution in [3.05, 3.63) is 53.4 Å². The van der Waals surface area contributed by atoms with E-state index in [0.29, 0.717) is 5.82 Å². The van der Waals surface area contributed by atoms with E-state index in [1.54, 1.807) is 23.7 Å². The van der Waals surface area contributed by atoms with Gasteiger partial charge < -0.3 is 10.2 Å². The number of nitrogens with one attached hydrogen (secondary N) is 1. The minimum atomic E-state index is 0.684. The first-order valence-electron chi connectivity index (χ1n) is 9.01. The topological polar surface area (TPSA) is 66.8 Å². The van der Waals surface area contributed by atoms with Crippen molar-refractivity contribution in [3.63, 3.8) is 0 Å². The van der Waals surface area contributed by atoms with Crippen molar-refractivity contribution in [2.24, 2.45) is 0 Å². The number of thiazole rings is 1. The third-order valence-electron chi connectivity index (χ3n) is 4.43. The predicted molar refractivity (Wildman–Crippen MR) is 104 cm³/mol. The third-order valence-corrected chi connectivity index (χ3v) is 5.32. The smallest absolute Gasteiger partial charge is 0.188 e. The SMILES string of the molecule is c1cnc(-c2nc(CNCc3ccnc(N4CCCCC4)c3)cs2)nc1. The van der Waals surface area contributed by atoms with Crippen LogP contribution >= 0.6 is 11.3 Å². The molecule has 0 aromatic carbocycles. The van der Waals surface area contributed by atoms with E-state index in [1.165, 1.54) is 24.8 Å². The predicted octanol–water partition coefficient (Wildman–Crippen LogP) is 3.28. The van der Waals surface area contributed by atoms with E-state index in [1.807, 2.05) is 12.3 Å². The molecule has 0 unspecified atom stereocenters. The maximum absolute atomic E-state index is 4.61. The molecule has 7 heteroatoms. The molecule has 0 bridgehead atoms. The summed E-state index contributed by atoms with van der Waals surface area (Å²) in [6.45, 7) is 3.77. The van der Waals surface area contributed by atoms with E-state index in [-0.39, 0.29) is 0 Å². The fraction of sp³-hybridized carbons (Fsp3) is 0.368. The number of hydrogen-bond donors (Lipinski definition) is 1. The van der Waals surface area contributed by atoms with Gasteiger partial charge in [0.25, 0.3) is 0 Å². The Balaban J connectivity index is 1.33. The zero-order valence-corrected chi connectivity index (χ0v) is 15.5. The number of aromatic nitrogens is 4. The van der Waals surface area contributed by atoms with E-state index < -0.39 is 0 Å². The fourth-order valence-corrected chi connectivity index (χ4v) is 3.87. The van der Waals surface area contributed by atoms with Crippen LogP contribution in [0.5, 0.6) is 0 Å². The first kappa shape index (κ1) is 17.1. The minimum absolute atomic E-state index is 0.684.